The Morgan fingerprint density at radius 2 is 2.14 bits per heavy atom. The van der Waals surface area contributed by atoms with Crippen molar-refractivity contribution in [3.05, 3.63) is 60.7 Å². The molecule has 0 aliphatic heterocycles. The Bertz CT molecular complexity index is 1050. The van der Waals surface area contributed by atoms with Gasteiger partial charge in [-0.2, -0.15) is 11.3 Å². The number of nitro benzene ring substituents is 1. The summed E-state index contributed by atoms with van der Waals surface area (Å²) >= 11 is 8.63. The lowest BCUT2D eigenvalue weighted by atomic mass is 10.3. The number of nitro groups is 1. The number of ether oxygens (including phenoxy) is 1. The quantitative estimate of drug-likeness (QED) is 0.344. The normalized spacial score (nSPS) is 10.5. The molecule has 0 bridgehead atoms. The third-order valence-electron chi connectivity index (χ3n) is 3.52. The maximum absolute atomic E-state index is 12.3. The Labute approximate surface area is 171 Å². The number of carbonyl (C=O) groups excluding carboxylic acids is 2. The second kappa shape index (κ2) is 8.46. The third kappa shape index (κ3) is 4.53. The van der Waals surface area contributed by atoms with Crippen LogP contribution in [0.4, 0.5) is 11.4 Å². The number of anilines is 1. The molecule has 28 heavy (non-hydrogen) atoms. The number of hydrogen-bond acceptors (Lipinski definition) is 8. The van der Waals surface area contributed by atoms with E-state index < -0.39 is 23.4 Å². The summed E-state index contributed by atoms with van der Waals surface area (Å²) in [7, 11) is 0. The second-order valence-corrected chi connectivity index (χ2v) is 7.68. The van der Waals surface area contributed by atoms with Crippen LogP contribution in [-0.4, -0.2) is 28.4 Å². The molecule has 0 saturated carbocycles. The van der Waals surface area contributed by atoms with E-state index in [0.717, 1.165) is 11.6 Å². The van der Waals surface area contributed by atoms with Gasteiger partial charge in [0.2, 0.25) is 0 Å². The molecule has 1 aromatic carbocycles. The molecule has 0 atom stereocenters. The van der Waals surface area contributed by atoms with Crippen molar-refractivity contribution in [1.29, 1.82) is 0 Å². The Balaban J connectivity index is 1.60. The van der Waals surface area contributed by atoms with Crippen molar-refractivity contribution in [3.8, 4) is 10.6 Å². The van der Waals surface area contributed by atoms with Gasteiger partial charge in [0.25, 0.3) is 11.6 Å². The van der Waals surface area contributed by atoms with E-state index in [1.807, 2.05) is 16.8 Å². The second-order valence-electron chi connectivity index (χ2n) is 5.49. The van der Waals surface area contributed by atoms with Gasteiger partial charge in [0.05, 0.1) is 21.3 Å². The molecular weight excluding hydrogens is 426 g/mol. The van der Waals surface area contributed by atoms with Crippen LogP contribution in [0.15, 0.2) is 35.0 Å². The van der Waals surface area contributed by atoms with E-state index in [4.69, 9.17) is 16.3 Å². The monoisotopic (exact) mass is 437 g/mol. The minimum atomic E-state index is -0.651. The minimum absolute atomic E-state index is 0.00702. The first-order valence-electron chi connectivity index (χ1n) is 7.76. The number of benzene rings is 1. The third-order valence-corrected chi connectivity index (χ3v) is 5.70. The van der Waals surface area contributed by atoms with Crippen LogP contribution in [0.3, 0.4) is 0 Å². The standard InChI is InChI=1S/C17H12ClN3O5S2/c1-9-15(28-16(19-9)10-4-5-27-8-10)17(23)26-7-14(22)20-13-3-2-11(21(24)25)6-12(13)18/h2-6,8H,7H2,1H3,(H,20,22). The highest BCUT2D eigenvalue weighted by Gasteiger charge is 2.19. The fourth-order valence-corrected chi connectivity index (χ4v) is 4.09. The fourth-order valence-electron chi connectivity index (χ4n) is 2.20. The number of aromatic nitrogens is 1. The molecule has 144 valence electrons. The molecule has 1 N–H and O–H groups in total. The van der Waals surface area contributed by atoms with Crippen LogP contribution in [0.25, 0.3) is 10.6 Å². The SMILES string of the molecule is Cc1nc(-c2ccsc2)sc1C(=O)OCC(=O)Nc1ccc([N+](=O)[O-])cc1Cl. The van der Waals surface area contributed by atoms with Crippen molar-refractivity contribution < 1.29 is 19.2 Å². The molecule has 0 aliphatic carbocycles. The Morgan fingerprint density at radius 3 is 2.79 bits per heavy atom. The van der Waals surface area contributed by atoms with Crippen LogP contribution in [0, 0.1) is 17.0 Å². The summed E-state index contributed by atoms with van der Waals surface area (Å²) in [5, 5.41) is 17.7. The van der Waals surface area contributed by atoms with Crippen molar-refractivity contribution in [3.63, 3.8) is 0 Å². The number of rotatable bonds is 6. The number of nitrogens with one attached hydrogen (secondary N) is 1. The Hall–Kier alpha value is -2.82. The average Bonchev–Trinajstić information content (AvgIpc) is 3.30. The van der Waals surface area contributed by atoms with Crippen molar-refractivity contribution in [1.82, 2.24) is 4.98 Å². The van der Waals surface area contributed by atoms with Gasteiger partial charge in [-0.15, -0.1) is 11.3 Å². The van der Waals surface area contributed by atoms with Gasteiger partial charge < -0.3 is 10.1 Å². The van der Waals surface area contributed by atoms with Crippen LogP contribution < -0.4 is 5.32 Å². The summed E-state index contributed by atoms with van der Waals surface area (Å²) in [6, 6.07) is 5.54. The lowest BCUT2D eigenvalue weighted by Gasteiger charge is -2.07. The van der Waals surface area contributed by atoms with Crippen LogP contribution in [0.1, 0.15) is 15.4 Å². The van der Waals surface area contributed by atoms with Gasteiger partial charge in [-0.05, 0) is 24.4 Å². The first-order chi connectivity index (χ1) is 13.3. The largest absolute Gasteiger partial charge is 0.451 e. The zero-order valence-electron chi connectivity index (χ0n) is 14.3. The van der Waals surface area contributed by atoms with Gasteiger partial charge in [0.15, 0.2) is 6.61 Å². The lowest BCUT2D eigenvalue weighted by molar-refractivity contribution is -0.384. The predicted octanol–water partition coefficient (Wildman–Crippen LogP) is 4.54. The number of amides is 1. The number of hydrogen-bond donors (Lipinski definition) is 1. The molecule has 3 rings (SSSR count). The first-order valence-corrected chi connectivity index (χ1v) is 9.90. The molecule has 0 aliphatic rings. The smallest absolute Gasteiger partial charge is 0.350 e. The average molecular weight is 438 g/mol. The molecular formula is C17H12ClN3O5S2. The van der Waals surface area contributed by atoms with Crippen LogP contribution in [0.5, 0.6) is 0 Å². The zero-order chi connectivity index (χ0) is 20.3. The van der Waals surface area contributed by atoms with Gasteiger partial charge in [-0.1, -0.05) is 11.6 Å². The Kier molecular flexibility index (Phi) is 6.02. The van der Waals surface area contributed by atoms with E-state index in [-0.39, 0.29) is 16.4 Å². The van der Waals surface area contributed by atoms with Gasteiger partial charge >= 0.3 is 5.97 Å². The molecule has 0 unspecified atom stereocenters. The highest BCUT2D eigenvalue weighted by Crippen LogP contribution is 2.30. The number of nitrogens with zero attached hydrogens (tertiary/aromatic N) is 2. The summed E-state index contributed by atoms with van der Waals surface area (Å²) in [5.41, 5.74) is 1.43. The van der Waals surface area contributed by atoms with Gasteiger partial charge in [-0.3, -0.25) is 14.9 Å². The van der Waals surface area contributed by atoms with Crippen molar-refractivity contribution >= 4 is 57.5 Å². The van der Waals surface area contributed by atoms with Crippen molar-refractivity contribution in [2.45, 2.75) is 6.92 Å². The molecule has 8 nitrogen and oxygen atoms in total. The zero-order valence-corrected chi connectivity index (χ0v) is 16.7. The number of thiazole rings is 1. The summed E-state index contributed by atoms with van der Waals surface area (Å²) in [6.45, 7) is 1.16. The number of esters is 1. The molecule has 11 heteroatoms. The van der Waals surface area contributed by atoms with Gasteiger partial charge in [0, 0.05) is 23.1 Å². The Morgan fingerprint density at radius 1 is 1.36 bits per heavy atom. The molecule has 0 radical (unpaired) electrons. The molecule has 0 spiro atoms. The van der Waals surface area contributed by atoms with Gasteiger partial charge in [0.1, 0.15) is 9.88 Å². The molecule has 2 heterocycles. The van der Waals surface area contributed by atoms with E-state index in [1.54, 1.807) is 6.92 Å². The summed E-state index contributed by atoms with van der Waals surface area (Å²) in [6.07, 6.45) is 0. The number of aryl methyl sites for hydroxylation is 1. The molecule has 3 aromatic rings. The van der Waals surface area contributed by atoms with E-state index in [0.29, 0.717) is 15.6 Å². The van der Waals surface area contributed by atoms with Crippen LogP contribution in [0.2, 0.25) is 5.02 Å². The maximum Gasteiger partial charge on any atom is 0.350 e. The van der Waals surface area contributed by atoms with Crippen LogP contribution >= 0.6 is 34.3 Å². The number of thiophene rings is 1. The number of halogens is 1. The molecule has 0 fully saturated rings. The summed E-state index contributed by atoms with van der Waals surface area (Å²) in [5.74, 6) is -1.27. The lowest BCUT2D eigenvalue weighted by Crippen LogP contribution is -2.21. The van der Waals surface area contributed by atoms with Crippen molar-refractivity contribution in [2.75, 3.05) is 11.9 Å². The molecule has 2 aromatic heterocycles. The van der Waals surface area contributed by atoms with Crippen LogP contribution in [-0.2, 0) is 9.53 Å². The van der Waals surface area contributed by atoms with Crippen molar-refractivity contribution in [2.24, 2.45) is 0 Å². The molecule has 0 saturated heterocycles. The number of carbonyl (C=O) groups is 2. The topological polar surface area (TPSA) is 111 Å². The highest BCUT2D eigenvalue weighted by atomic mass is 35.5. The highest BCUT2D eigenvalue weighted by molar-refractivity contribution is 7.17. The van der Waals surface area contributed by atoms with E-state index in [2.05, 4.69) is 10.3 Å². The van der Waals surface area contributed by atoms with E-state index in [9.17, 15) is 19.7 Å². The fraction of sp³-hybridized carbons (Fsp3) is 0.118. The number of non-ortho nitro benzene ring substituents is 1. The molecule has 1 amide bonds. The van der Waals surface area contributed by atoms with Gasteiger partial charge in [-0.25, -0.2) is 9.78 Å². The maximum atomic E-state index is 12.3. The predicted molar refractivity (Wildman–Crippen MR) is 107 cm³/mol. The van der Waals surface area contributed by atoms with E-state index >= 15 is 0 Å². The summed E-state index contributed by atoms with van der Waals surface area (Å²) in [4.78, 5) is 39.0. The first kappa shape index (κ1) is 19.9. The minimum Gasteiger partial charge on any atom is -0.451 e. The van der Waals surface area contributed by atoms with E-state index in [1.165, 1.54) is 34.8 Å². The summed E-state index contributed by atoms with van der Waals surface area (Å²) < 4.78 is 5.05.